The van der Waals surface area contributed by atoms with Gasteiger partial charge >= 0.3 is 0 Å². The number of rotatable bonds is 6. The molecule has 0 radical (unpaired) electrons. The summed E-state index contributed by atoms with van der Waals surface area (Å²) in [6.07, 6.45) is 6.47. The van der Waals surface area contributed by atoms with Crippen molar-refractivity contribution < 1.29 is 0 Å². The maximum Gasteiger partial charge on any atom is 0.0341 e. The SMILES string of the molecule is CCCCC(CC)NC1CCSc2ccccc21. The lowest BCUT2D eigenvalue weighted by molar-refractivity contribution is 0.385. The average molecular weight is 263 g/mol. The van der Waals surface area contributed by atoms with Crippen LogP contribution in [0.4, 0.5) is 0 Å². The second-order valence-corrected chi connectivity index (χ2v) is 6.28. The molecule has 1 aliphatic rings. The van der Waals surface area contributed by atoms with Gasteiger partial charge in [0.2, 0.25) is 0 Å². The van der Waals surface area contributed by atoms with Crippen LogP contribution in [0.1, 0.15) is 57.6 Å². The van der Waals surface area contributed by atoms with Gasteiger partial charge in [0, 0.05) is 17.0 Å². The average Bonchev–Trinajstić information content (AvgIpc) is 2.43. The van der Waals surface area contributed by atoms with E-state index in [1.165, 1.54) is 48.3 Å². The number of benzene rings is 1. The van der Waals surface area contributed by atoms with Crippen molar-refractivity contribution >= 4 is 11.8 Å². The summed E-state index contributed by atoms with van der Waals surface area (Å²) in [4.78, 5) is 1.48. The summed E-state index contributed by atoms with van der Waals surface area (Å²) in [5.74, 6) is 1.25. The predicted octanol–water partition coefficient (Wildman–Crippen LogP) is 4.78. The normalized spacial score (nSPS) is 20.4. The van der Waals surface area contributed by atoms with E-state index in [4.69, 9.17) is 0 Å². The van der Waals surface area contributed by atoms with Crippen LogP contribution in [0, 0.1) is 0 Å². The van der Waals surface area contributed by atoms with Crippen molar-refractivity contribution in [3.63, 3.8) is 0 Å². The molecule has 1 N–H and O–H groups in total. The summed E-state index contributed by atoms with van der Waals surface area (Å²) in [5, 5.41) is 3.88. The highest BCUT2D eigenvalue weighted by Crippen LogP contribution is 2.36. The Bertz CT molecular complexity index is 364. The molecule has 18 heavy (non-hydrogen) atoms. The molecular weight excluding hydrogens is 238 g/mol. The first kappa shape index (κ1) is 14.0. The fraction of sp³-hybridized carbons (Fsp3) is 0.625. The maximum atomic E-state index is 3.88. The number of nitrogens with one attached hydrogen (secondary N) is 1. The zero-order valence-corrected chi connectivity index (χ0v) is 12.4. The standard InChI is InChI=1S/C16H25NS/c1-3-5-8-13(4-2)17-15-11-12-18-16-10-7-6-9-14(15)16/h6-7,9-10,13,15,17H,3-5,8,11-12H2,1-2H3. The van der Waals surface area contributed by atoms with Gasteiger partial charge in [-0.3, -0.25) is 0 Å². The van der Waals surface area contributed by atoms with E-state index >= 15 is 0 Å². The van der Waals surface area contributed by atoms with Crippen molar-refractivity contribution in [3.8, 4) is 0 Å². The van der Waals surface area contributed by atoms with Gasteiger partial charge in [-0.15, -0.1) is 11.8 Å². The molecule has 1 aliphatic heterocycles. The van der Waals surface area contributed by atoms with Crippen LogP contribution in [-0.4, -0.2) is 11.8 Å². The number of unbranched alkanes of at least 4 members (excludes halogenated alkanes) is 1. The Morgan fingerprint density at radius 3 is 2.94 bits per heavy atom. The Morgan fingerprint density at radius 2 is 2.17 bits per heavy atom. The molecule has 1 nitrogen and oxygen atoms in total. The lowest BCUT2D eigenvalue weighted by atomic mass is 10.00. The van der Waals surface area contributed by atoms with Gasteiger partial charge in [0.25, 0.3) is 0 Å². The minimum atomic E-state index is 0.573. The summed E-state index contributed by atoms with van der Waals surface area (Å²) >= 11 is 2.01. The smallest absolute Gasteiger partial charge is 0.0341 e. The maximum absolute atomic E-state index is 3.88. The summed E-state index contributed by atoms with van der Waals surface area (Å²) in [6.45, 7) is 4.58. The van der Waals surface area contributed by atoms with E-state index in [9.17, 15) is 0 Å². The number of hydrogen-bond acceptors (Lipinski definition) is 2. The molecule has 0 bridgehead atoms. The molecule has 0 saturated heterocycles. The van der Waals surface area contributed by atoms with Crippen LogP contribution in [-0.2, 0) is 0 Å². The summed E-state index contributed by atoms with van der Waals surface area (Å²) < 4.78 is 0. The molecule has 0 spiro atoms. The van der Waals surface area contributed by atoms with E-state index < -0.39 is 0 Å². The Kier molecular flexibility index (Phi) is 5.58. The number of hydrogen-bond donors (Lipinski definition) is 1. The third-order valence-corrected chi connectivity index (χ3v) is 4.92. The van der Waals surface area contributed by atoms with E-state index in [-0.39, 0.29) is 0 Å². The van der Waals surface area contributed by atoms with Crippen LogP contribution in [0.15, 0.2) is 29.2 Å². The number of thioether (sulfide) groups is 1. The van der Waals surface area contributed by atoms with E-state index in [0.29, 0.717) is 12.1 Å². The molecule has 2 atom stereocenters. The van der Waals surface area contributed by atoms with Gasteiger partial charge < -0.3 is 5.32 Å². The first-order chi connectivity index (χ1) is 8.85. The van der Waals surface area contributed by atoms with E-state index in [0.717, 1.165) is 0 Å². The van der Waals surface area contributed by atoms with Gasteiger partial charge in [-0.2, -0.15) is 0 Å². The molecule has 2 rings (SSSR count). The van der Waals surface area contributed by atoms with Gasteiger partial charge in [0.05, 0.1) is 0 Å². The molecule has 0 aliphatic carbocycles. The summed E-state index contributed by atoms with van der Waals surface area (Å²) in [6, 6.07) is 10.1. The largest absolute Gasteiger partial charge is 0.307 e. The lowest BCUT2D eigenvalue weighted by Gasteiger charge is -2.30. The number of fused-ring (bicyclic) bond motifs is 1. The van der Waals surface area contributed by atoms with Crippen LogP contribution in [0.2, 0.25) is 0 Å². The van der Waals surface area contributed by atoms with Gasteiger partial charge in [-0.05, 0) is 36.6 Å². The van der Waals surface area contributed by atoms with E-state index in [1.54, 1.807) is 0 Å². The van der Waals surface area contributed by atoms with Gasteiger partial charge in [-0.1, -0.05) is 44.9 Å². The van der Waals surface area contributed by atoms with Crippen molar-refractivity contribution in [1.29, 1.82) is 0 Å². The summed E-state index contributed by atoms with van der Waals surface area (Å²) in [5.41, 5.74) is 1.52. The topological polar surface area (TPSA) is 12.0 Å². The molecule has 0 amide bonds. The van der Waals surface area contributed by atoms with Crippen molar-refractivity contribution in [3.05, 3.63) is 29.8 Å². The van der Waals surface area contributed by atoms with Gasteiger partial charge in [0.1, 0.15) is 0 Å². The lowest BCUT2D eigenvalue weighted by Crippen LogP contribution is -2.34. The highest BCUT2D eigenvalue weighted by Gasteiger charge is 2.21. The van der Waals surface area contributed by atoms with Gasteiger partial charge in [0.15, 0.2) is 0 Å². The summed E-state index contributed by atoms with van der Waals surface area (Å²) in [7, 11) is 0. The van der Waals surface area contributed by atoms with Crippen molar-refractivity contribution in [2.75, 3.05) is 5.75 Å². The Hall–Kier alpha value is -0.470. The quantitative estimate of drug-likeness (QED) is 0.792. The van der Waals surface area contributed by atoms with Crippen LogP contribution in [0.25, 0.3) is 0 Å². The molecule has 100 valence electrons. The van der Waals surface area contributed by atoms with Crippen LogP contribution >= 0.6 is 11.8 Å². The minimum absolute atomic E-state index is 0.573. The van der Waals surface area contributed by atoms with Gasteiger partial charge in [-0.25, -0.2) is 0 Å². The first-order valence-corrected chi connectivity index (χ1v) is 8.31. The molecule has 0 saturated carbocycles. The van der Waals surface area contributed by atoms with Crippen LogP contribution in [0.3, 0.4) is 0 Å². The zero-order chi connectivity index (χ0) is 12.8. The second-order valence-electron chi connectivity index (χ2n) is 5.14. The highest BCUT2D eigenvalue weighted by atomic mass is 32.2. The Morgan fingerprint density at radius 1 is 1.33 bits per heavy atom. The van der Waals surface area contributed by atoms with E-state index in [2.05, 4.69) is 43.4 Å². The molecule has 2 unspecified atom stereocenters. The fourth-order valence-corrected chi connectivity index (χ4v) is 3.78. The third kappa shape index (κ3) is 3.52. The van der Waals surface area contributed by atoms with Crippen molar-refractivity contribution in [1.82, 2.24) is 5.32 Å². The van der Waals surface area contributed by atoms with E-state index in [1.807, 2.05) is 11.8 Å². The Balaban J connectivity index is 2.01. The van der Waals surface area contributed by atoms with Crippen molar-refractivity contribution in [2.24, 2.45) is 0 Å². The fourth-order valence-electron chi connectivity index (χ4n) is 2.66. The second kappa shape index (κ2) is 7.20. The zero-order valence-electron chi connectivity index (χ0n) is 11.6. The van der Waals surface area contributed by atoms with Crippen LogP contribution in [0.5, 0.6) is 0 Å². The molecule has 0 aromatic heterocycles. The Labute approximate surface area is 116 Å². The molecule has 2 heteroatoms. The molecule has 1 heterocycles. The van der Waals surface area contributed by atoms with Crippen LogP contribution < -0.4 is 5.32 Å². The molecular formula is C16H25NS. The third-order valence-electron chi connectivity index (χ3n) is 3.79. The predicted molar refractivity (Wildman–Crippen MR) is 81.3 cm³/mol. The van der Waals surface area contributed by atoms with Crippen molar-refractivity contribution in [2.45, 2.75) is 62.9 Å². The molecule has 1 aromatic carbocycles. The molecule has 0 fully saturated rings. The highest BCUT2D eigenvalue weighted by molar-refractivity contribution is 7.99. The monoisotopic (exact) mass is 263 g/mol. The minimum Gasteiger partial charge on any atom is -0.307 e. The first-order valence-electron chi connectivity index (χ1n) is 7.33. The molecule has 1 aromatic rings.